The van der Waals surface area contributed by atoms with Gasteiger partial charge < -0.3 is 26.4 Å². The molecule has 1 rings (SSSR count). The van der Waals surface area contributed by atoms with Gasteiger partial charge in [-0.15, -0.1) is 0 Å². The van der Waals surface area contributed by atoms with Crippen LogP contribution in [0.4, 0.5) is 5.69 Å². The standard InChI is InChI=1S/C21H36N8O2/c1-16(22)28-17-9-11-18(12-10-17)31-15-7-14-27-21(25)29-19(30)8-5-3-2-4-6-13-26-20(23)24/h9-12H,2-8,13-15H2,1H3,(H2,22,28)(H4,23,24,26)(H3,25,27,29,30). The molecule has 0 aliphatic heterocycles. The molecule has 9 N–H and O–H groups in total. The highest BCUT2D eigenvalue weighted by atomic mass is 16.5. The van der Waals surface area contributed by atoms with Crippen LogP contribution in [0.2, 0.25) is 0 Å². The molecule has 172 valence electrons. The highest BCUT2D eigenvalue weighted by Gasteiger charge is 2.04. The lowest BCUT2D eigenvalue weighted by Crippen LogP contribution is -2.40. The Balaban J connectivity index is 2.00. The van der Waals surface area contributed by atoms with Crippen molar-refractivity contribution in [2.45, 2.75) is 51.9 Å². The summed E-state index contributed by atoms with van der Waals surface area (Å²) >= 11 is 0. The zero-order chi connectivity index (χ0) is 22.9. The third-order valence-corrected chi connectivity index (χ3v) is 4.24. The summed E-state index contributed by atoms with van der Waals surface area (Å²) in [5, 5.41) is 33.3. The second-order valence-corrected chi connectivity index (χ2v) is 7.18. The average Bonchev–Trinajstić information content (AvgIpc) is 2.70. The van der Waals surface area contributed by atoms with E-state index in [-0.39, 0.29) is 17.8 Å². The van der Waals surface area contributed by atoms with Crippen molar-refractivity contribution in [2.24, 2.45) is 5.73 Å². The van der Waals surface area contributed by atoms with Gasteiger partial charge in [-0.3, -0.25) is 26.3 Å². The van der Waals surface area contributed by atoms with Gasteiger partial charge in [0, 0.05) is 25.2 Å². The molecule has 0 atom stereocenters. The van der Waals surface area contributed by atoms with Crippen molar-refractivity contribution in [3.05, 3.63) is 24.3 Å². The summed E-state index contributed by atoms with van der Waals surface area (Å²) in [7, 11) is 0. The van der Waals surface area contributed by atoms with Crippen molar-refractivity contribution in [2.75, 3.05) is 25.0 Å². The number of carbonyl (C=O) groups excluding carboxylic acids is 1. The summed E-state index contributed by atoms with van der Waals surface area (Å²) in [4.78, 5) is 11.8. The van der Waals surface area contributed by atoms with Gasteiger partial charge in [0.15, 0.2) is 11.9 Å². The third-order valence-electron chi connectivity index (χ3n) is 4.24. The number of nitrogens with one attached hydrogen (secondary N) is 7. The lowest BCUT2D eigenvalue weighted by Gasteiger charge is -2.11. The van der Waals surface area contributed by atoms with Gasteiger partial charge in [0.1, 0.15) is 5.75 Å². The molecular formula is C21H36N8O2. The van der Waals surface area contributed by atoms with E-state index in [4.69, 9.17) is 26.7 Å². The molecule has 0 saturated heterocycles. The van der Waals surface area contributed by atoms with Crippen molar-refractivity contribution in [1.29, 1.82) is 16.2 Å². The SMILES string of the molecule is CC(=N)Nc1ccc(OCCCNC(=N)NC(=O)CCCCCCCNC(=N)N)cc1. The molecule has 1 aromatic rings. The highest BCUT2D eigenvalue weighted by Crippen LogP contribution is 2.15. The number of nitrogens with two attached hydrogens (primary N) is 1. The Labute approximate surface area is 184 Å². The van der Waals surface area contributed by atoms with Crippen LogP contribution in [0.1, 0.15) is 51.9 Å². The Morgan fingerprint density at radius 3 is 2.26 bits per heavy atom. The zero-order valence-electron chi connectivity index (χ0n) is 18.3. The van der Waals surface area contributed by atoms with Crippen LogP contribution in [0, 0.1) is 16.2 Å². The van der Waals surface area contributed by atoms with Crippen LogP contribution in [0.25, 0.3) is 0 Å². The Bertz CT molecular complexity index is 706. The summed E-state index contributed by atoms with van der Waals surface area (Å²) in [5.41, 5.74) is 6.05. The predicted octanol–water partition coefficient (Wildman–Crippen LogP) is 2.33. The first-order valence-electron chi connectivity index (χ1n) is 10.6. The summed E-state index contributed by atoms with van der Waals surface area (Å²) in [6, 6.07) is 7.37. The average molecular weight is 433 g/mol. The van der Waals surface area contributed by atoms with Crippen LogP contribution in [0.3, 0.4) is 0 Å². The molecule has 0 aliphatic rings. The van der Waals surface area contributed by atoms with E-state index >= 15 is 0 Å². The number of benzene rings is 1. The van der Waals surface area contributed by atoms with Crippen molar-refractivity contribution < 1.29 is 9.53 Å². The molecular weight excluding hydrogens is 396 g/mol. The molecule has 0 aromatic heterocycles. The minimum Gasteiger partial charge on any atom is -0.494 e. The lowest BCUT2D eigenvalue weighted by molar-refractivity contribution is -0.119. The van der Waals surface area contributed by atoms with Gasteiger partial charge in [0.05, 0.1) is 12.4 Å². The van der Waals surface area contributed by atoms with Crippen LogP contribution in [0.15, 0.2) is 24.3 Å². The van der Waals surface area contributed by atoms with E-state index in [1.807, 2.05) is 24.3 Å². The number of amides is 1. The normalized spacial score (nSPS) is 10.1. The van der Waals surface area contributed by atoms with E-state index in [0.717, 1.165) is 43.5 Å². The summed E-state index contributed by atoms with van der Waals surface area (Å²) < 4.78 is 5.64. The van der Waals surface area contributed by atoms with Crippen molar-refractivity contribution in [1.82, 2.24) is 16.0 Å². The molecule has 1 aromatic carbocycles. The maximum Gasteiger partial charge on any atom is 0.226 e. The van der Waals surface area contributed by atoms with Crippen LogP contribution in [-0.2, 0) is 4.79 Å². The van der Waals surface area contributed by atoms with Crippen molar-refractivity contribution in [3.8, 4) is 5.75 Å². The fraction of sp³-hybridized carbons (Fsp3) is 0.524. The highest BCUT2D eigenvalue weighted by molar-refractivity contribution is 5.95. The number of anilines is 1. The molecule has 0 spiro atoms. The van der Waals surface area contributed by atoms with Gasteiger partial charge in [-0.05, 0) is 50.5 Å². The predicted molar refractivity (Wildman–Crippen MR) is 125 cm³/mol. The maximum atomic E-state index is 11.8. The van der Waals surface area contributed by atoms with Gasteiger partial charge in [0.2, 0.25) is 5.91 Å². The number of guanidine groups is 2. The molecule has 0 unspecified atom stereocenters. The van der Waals surface area contributed by atoms with Gasteiger partial charge in [-0.25, -0.2) is 0 Å². The molecule has 0 bridgehead atoms. The van der Waals surface area contributed by atoms with E-state index in [0.29, 0.717) is 38.4 Å². The molecule has 0 fully saturated rings. The van der Waals surface area contributed by atoms with Gasteiger partial charge in [-0.2, -0.15) is 0 Å². The summed E-state index contributed by atoms with van der Waals surface area (Å²) in [5.74, 6) is 0.980. The molecule has 10 nitrogen and oxygen atoms in total. The Hall–Kier alpha value is -3.30. The minimum atomic E-state index is -0.152. The van der Waals surface area contributed by atoms with Gasteiger partial charge >= 0.3 is 0 Å². The topological polar surface area (TPSA) is 172 Å². The Kier molecular flexibility index (Phi) is 12.9. The minimum absolute atomic E-state index is 0.00136. The number of carbonyl (C=O) groups is 1. The van der Waals surface area contributed by atoms with E-state index in [1.54, 1.807) is 6.92 Å². The summed E-state index contributed by atoms with van der Waals surface area (Å²) in [6.07, 6.45) is 5.87. The van der Waals surface area contributed by atoms with Gasteiger partial charge in [-0.1, -0.05) is 19.3 Å². The first-order valence-corrected chi connectivity index (χ1v) is 10.6. The van der Waals surface area contributed by atoms with E-state index in [2.05, 4.69) is 21.3 Å². The molecule has 0 radical (unpaired) electrons. The van der Waals surface area contributed by atoms with Crippen molar-refractivity contribution in [3.63, 3.8) is 0 Å². The quantitative estimate of drug-likeness (QED) is 0.127. The van der Waals surface area contributed by atoms with Crippen LogP contribution in [0.5, 0.6) is 5.75 Å². The molecule has 0 aliphatic carbocycles. The van der Waals surface area contributed by atoms with Gasteiger partial charge in [0.25, 0.3) is 0 Å². The molecule has 10 heteroatoms. The summed E-state index contributed by atoms with van der Waals surface area (Å²) in [6.45, 7) is 3.41. The largest absolute Gasteiger partial charge is 0.494 e. The number of unbranched alkanes of at least 4 members (excludes halogenated alkanes) is 4. The van der Waals surface area contributed by atoms with Crippen LogP contribution < -0.4 is 31.7 Å². The number of hydrogen-bond donors (Lipinski definition) is 8. The smallest absolute Gasteiger partial charge is 0.226 e. The fourth-order valence-corrected chi connectivity index (χ4v) is 2.74. The lowest BCUT2D eigenvalue weighted by atomic mass is 10.1. The first kappa shape index (κ1) is 25.7. The Morgan fingerprint density at radius 1 is 0.935 bits per heavy atom. The molecule has 0 saturated carbocycles. The third kappa shape index (κ3) is 14.3. The zero-order valence-corrected chi connectivity index (χ0v) is 18.3. The Morgan fingerprint density at radius 2 is 1.58 bits per heavy atom. The second kappa shape index (κ2) is 15.5. The van der Waals surface area contributed by atoms with Crippen molar-refractivity contribution >= 4 is 29.3 Å². The maximum absolute atomic E-state index is 11.8. The fourth-order valence-electron chi connectivity index (χ4n) is 2.74. The number of hydrogen-bond acceptors (Lipinski definition) is 5. The van der Waals surface area contributed by atoms with E-state index in [1.165, 1.54) is 0 Å². The molecule has 31 heavy (non-hydrogen) atoms. The number of rotatable bonds is 14. The molecule has 0 heterocycles. The van der Waals surface area contributed by atoms with E-state index < -0.39 is 0 Å². The molecule has 1 amide bonds. The van der Waals surface area contributed by atoms with Crippen LogP contribution >= 0.6 is 0 Å². The number of amidine groups is 1. The first-order chi connectivity index (χ1) is 14.9. The number of ether oxygens (including phenoxy) is 1. The monoisotopic (exact) mass is 432 g/mol. The van der Waals surface area contributed by atoms with Crippen LogP contribution in [-0.4, -0.2) is 43.4 Å². The van der Waals surface area contributed by atoms with E-state index in [9.17, 15) is 4.79 Å². The second-order valence-electron chi connectivity index (χ2n) is 7.18.